The van der Waals surface area contributed by atoms with Crippen LogP contribution in [-0.4, -0.2) is 51.0 Å². The van der Waals surface area contributed by atoms with Crippen molar-refractivity contribution in [2.75, 3.05) is 13.1 Å². The van der Waals surface area contributed by atoms with E-state index in [1.165, 1.54) is 0 Å². The molecule has 0 bridgehead atoms. The standard InChI is InChI=1S/C24H34N4O2/c1-17(2)28(23(30)25-24(4,5)6)16-21(29)27-14-13-26-12-8-11-20(26)22(27)19-10-7-9-18(3)15-19/h7-12,15,17,22H,13-14,16H2,1-6H3,(H,25,30)/t22-/m1/s1. The van der Waals surface area contributed by atoms with Crippen LogP contribution in [-0.2, 0) is 11.3 Å². The van der Waals surface area contributed by atoms with E-state index in [2.05, 4.69) is 47.3 Å². The average molecular weight is 411 g/mol. The second-order valence-electron chi connectivity index (χ2n) is 9.43. The van der Waals surface area contributed by atoms with Crippen LogP contribution in [0.2, 0.25) is 0 Å². The number of fused-ring (bicyclic) bond motifs is 1. The Balaban J connectivity index is 1.88. The Morgan fingerprint density at radius 3 is 2.53 bits per heavy atom. The molecule has 0 spiro atoms. The number of nitrogens with one attached hydrogen (secondary N) is 1. The van der Waals surface area contributed by atoms with E-state index in [1.807, 2.05) is 51.7 Å². The van der Waals surface area contributed by atoms with Gasteiger partial charge in [-0.2, -0.15) is 0 Å². The second-order valence-corrected chi connectivity index (χ2v) is 9.43. The zero-order chi connectivity index (χ0) is 22.1. The molecule has 30 heavy (non-hydrogen) atoms. The van der Waals surface area contributed by atoms with Gasteiger partial charge in [-0.1, -0.05) is 29.8 Å². The van der Waals surface area contributed by atoms with Crippen LogP contribution in [0.1, 0.15) is 57.5 Å². The highest BCUT2D eigenvalue weighted by Crippen LogP contribution is 2.33. The molecule has 162 valence electrons. The van der Waals surface area contributed by atoms with Crippen molar-refractivity contribution >= 4 is 11.9 Å². The lowest BCUT2D eigenvalue weighted by Crippen LogP contribution is -2.54. The predicted molar refractivity (Wildman–Crippen MR) is 119 cm³/mol. The van der Waals surface area contributed by atoms with Gasteiger partial charge in [0.1, 0.15) is 6.54 Å². The highest BCUT2D eigenvalue weighted by atomic mass is 16.2. The summed E-state index contributed by atoms with van der Waals surface area (Å²) in [4.78, 5) is 29.8. The zero-order valence-corrected chi connectivity index (χ0v) is 19.0. The summed E-state index contributed by atoms with van der Waals surface area (Å²) in [7, 11) is 0. The summed E-state index contributed by atoms with van der Waals surface area (Å²) in [5.74, 6) is -0.0354. The molecule has 1 atom stereocenters. The van der Waals surface area contributed by atoms with Crippen LogP contribution in [0.5, 0.6) is 0 Å². The molecule has 0 saturated carbocycles. The minimum absolute atomic E-state index is 0.0354. The van der Waals surface area contributed by atoms with Gasteiger partial charge in [0, 0.05) is 36.6 Å². The summed E-state index contributed by atoms with van der Waals surface area (Å²) in [5.41, 5.74) is 3.01. The molecule has 3 rings (SSSR count). The highest BCUT2D eigenvalue weighted by Gasteiger charge is 2.34. The molecule has 1 aromatic carbocycles. The van der Waals surface area contributed by atoms with Crippen molar-refractivity contribution in [2.24, 2.45) is 0 Å². The average Bonchev–Trinajstić information content (AvgIpc) is 3.12. The van der Waals surface area contributed by atoms with Gasteiger partial charge >= 0.3 is 6.03 Å². The molecular formula is C24H34N4O2. The first kappa shape index (κ1) is 21.9. The second kappa shape index (κ2) is 8.54. The van der Waals surface area contributed by atoms with E-state index >= 15 is 0 Å². The van der Waals surface area contributed by atoms with Gasteiger partial charge in [0.05, 0.1) is 6.04 Å². The van der Waals surface area contributed by atoms with Gasteiger partial charge in [-0.05, 0) is 59.2 Å². The van der Waals surface area contributed by atoms with Crippen LogP contribution in [0.25, 0.3) is 0 Å². The van der Waals surface area contributed by atoms with Crippen LogP contribution < -0.4 is 5.32 Å². The number of hydrogen-bond acceptors (Lipinski definition) is 2. The largest absolute Gasteiger partial charge is 0.348 e. The molecule has 0 unspecified atom stereocenters. The van der Waals surface area contributed by atoms with Crippen LogP contribution in [0, 0.1) is 6.92 Å². The fourth-order valence-corrected chi connectivity index (χ4v) is 3.96. The third-order valence-electron chi connectivity index (χ3n) is 5.39. The fourth-order valence-electron chi connectivity index (χ4n) is 3.96. The summed E-state index contributed by atoms with van der Waals surface area (Å²) in [5, 5.41) is 2.98. The highest BCUT2D eigenvalue weighted by molar-refractivity contribution is 5.85. The van der Waals surface area contributed by atoms with Crippen molar-refractivity contribution in [3.05, 3.63) is 59.4 Å². The van der Waals surface area contributed by atoms with E-state index in [0.29, 0.717) is 6.54 Å². The van der Waals surface area contributed by atoms with Gasteiger partial charge < -0.3 is 19.7 Å². The predicted octanol–water partition coefficient (Wildman–Crippen LogP) is 3.95. The Morgan fingerprint density at radius 2 is 1.90 bits per heavy atom. The third-order valence-corrected chi connectivity index (χ3v) is 5.39. The van der Waals surface area contributed by atoms with E-state index in [4.69, 9.17) is 0 Å². The summed E-state index contributed by atoms with van der Waals surface area (Å²) < 4.78 is 2.21. The topological polar surface area (TPSA) is 57.6 Å². The van der Waals surface area contributed by atoms with Gasteiger partial charge in [0.15, 0.2) is 0 Å². The SMILES string of the molecule is Cc1cccc([C@@H]2c3cccn3CCN2C(=O)CN(C(=O)NC(C)(C)C)C(C)C)c1. The maximum absolute atomic E-state index is 13.5. The minimum Gasteiger partial charge on any atom is -0.348 e. The summed E-state index contributed by atoms with van der Waals surface area (Å²) >= 11 is 0. The van der Waals surface area contributed by atoms with Gasteiger partial charge in [-0.25, -0.2) is 4.79 Å². The Labute approximate surface area is 179 Å². The number of urea groups is 1. The molecule has 6 nitrogen and oxygen atoms in total. The first-order chi connectivity index (χ1) is 14.1. The van der Waals surface area contributed by atoms with Crippen LogP contribution >= 0.6 is 0 Å². The lowest BCUT2D eigenvalue weighted by molar-refractivity contribution is -0.134. The molecule has 2 aromatic rings. The smallest absolute Gasteiger partial charge is 0.318 e. The zero-order valence-electron chi connectivity index (χ0n) is 19.0. The molecule has 6 heteroatoms. The van der Waals surface area contributed by atoms with Crippen molar-refractivity contribution < 1.29 is 9.59 Å². The molecule has 3 amide bonds. The van der Waals surface area contributed by atoms with E-state index in [0.717, 1.165) is 23.4 Å². The molecule has 1 N–H and O–H groups in total. The number of carbonyl (C=O) groups is 2. The summed E-state index contributed by atoms with van der Waals surface area (Å²) in [6.07, 6.45) is 2.07. The van der Waals surface area contributed by atoms with Crippen molar-refractivity contribution in [1.82, 2.24) is 19.7 Å². The Bertz CT molecular complexity index is 910. The molecule has 1 aliphatic rings. The number of hydrogen-bond donors (Lipinski definition) is 1. The third kappa shape index (κ3) is 4.86. The van der Waals surface area contributed by atoms with Crippen LogP contribution in [0.15, 0.2) is 42.6 Å². The molecule has 0 radical (unpaired) electrons. The summed E-state index contributed by atoms with van der Waals surface area (Å²) in [6, 6.07) is 12.0. The number of benzene rings is 1. The number of carbonyl (C=O) groups excluding carboxylic acids is 2. The molecule has 1 aromatic heterocycles. The van der Waals surface area contributed by atoms with Gasteiger partial charge in [-0.3, -0.25) is 4.79 Å². The molecular weight excluding hydrogens is 376 g/mol. The van der Waals surface area contributed by atoms with Gasteiger partial charge in [-0.15, -0.1) is 0 Å². The van der Waals surface area contributed by atoms with Crippen molar-refractivity contribution in [3.63, 3.8) is 0 Å². The van der Waals surface area contributed by atoms with Gasteiger partial charge in [0.2, 0.25) is 5.91 Å². The Hall–Kier alpha value is -2.76. The van der Waals surface area contributed by atoms with Gasteiger partial charge in [0.25, 0.3) is 0 Å². The fraction of sp³-hybridized carbons (Fsp3) is 0.500. The number of aromatic nitrogens is 1. The van der Waals surface area contributed by atoms with Crippen molar-refractivity contribution in [1.29, 1.82) is 0 Å². The monoisotopic (exact) mass is 410 g/mol. The normalized spacial score (nSPS) is 16.4. The van der Waals surface area contributed by atoms with Crippen LogP contribution in [0.3, 0.4) is 0 Å². The van der Waals surface area contributed by atoms with E-state index in [-0.39, 0.29) is 36.1 Å². The molecule has 2 heterocycles. The quantitative estimate of drug-likeness (QED) is 0.830. The maximum atomic E-state index is 13.5. The molecule has 1 aliphatic heterocycles. The number of amides is 3. The van der Waals surface area contributed by atoms with Crippen LogP contribution in [0.4, 0.5) is 4.79 Å². The molecule has 0 saturated heterocycles. The summed E-state index contributed by atoms with van der Waals surface area (Å²) in [6.45, 7) is 13.2. The first-order valence-corrected chi connectivity index (χ1v) is 10.7. The number of nitrogens with zero attached hydrogens (tertiary/aromatic N) is 3. The lowest BCUT2D eigenvalue weighted by atomic mass is 9.98. The van der Waals surface area contributed by atoms with E-state index in [9.17, 15) is 9.59 Å². The first-order valence-electron chi connectivity index (χ1n) is 10.7. The molecule has 0 aliphatic carbocycles. The Morgan fingerprint density at radius 1 is 1.17 bits per heavy atom. The minimum atomic E-state index is -0.358. The number of rotatable bonds is 4. The maximum Gasteiger partial charge on any atom is 0.318 e. The van der Waals surface area contributed by atoms with E-state index in [1.54, 1.807) is 4.90 Å². The number of aryl methyl sites for hydroxylation is 1. The molecule has 0 fully saturated rings. The van der Waals surface area contributed by atoms with E-state index < -0.39 is 0 Å². The Kier molecular flexibility index (Phi) is 6.25. The van der Waals surface area contributed by atoms with Crippen molar-refractivity contribution in [2.45, 2.75) is 65.7 Å². The van der Waals surface area contributed by atoms with Crippen molar-refractivity contribution in [3.8, 4) is 0 Å². The lowest BCUT2D eigenvalue weighted by Gasteiger charge is -2.39.